The molecule has 0 fully saturated rings. The van der Waals surface area contributed by atoms with Crippen molar-refractivity contribution < 1.29 is 14.4 Å². The fourth-order valence-corrected chi connectivity index (χ4v) is 2.74. The van der Waals surface area contributed by atoms with Crippen molar-refractivity contribution in [3.05, 3.63) is 71.3 Å². The molecule has 23 heavy (non-hydrogen) atoms. The summed E-state index contributed by atoms with van der Waals surface area (Å²) in [6.45, 7) is 3.40. The molecule has 1 aliphatic heterocycles. The van der Waals surface area contributed by atoms with Gasteiger partial charge in [-0.3, -0.25) is 19.3 Å². The quantitative estimate of drug-likeness (QED) is 0.816. The zero-order chi connectivity index (χ0) is 16.6. The molecule has 2 aromatic carbocycles. The van der Waals surface area contributed by atoms with Gasteiger partial charge in [0, 0.05) is 0 Å². The number of benzene rings is 2. The Labute approximate surface area is 134 Å². The first-order valence-electron chi connectivity index (χ1n) is 7.47. The van der Waals surface area contributed by atoms with Crippen molar-refractivity contribution in [1.29, 1.82) is 0 Å². The van der Waals surface area contributed by atoms with Gasteiger partial charge in [-0.15, -0.1) is 0 Å². The van der Waals surface area contributed by atoms with Gasteiger partial charge in [0.05, 0.1) is 23.1 Å². The Kier molecular flexibility index (Phi) is 3.60. The summed E-state index contributed by atoms with van der Waals surface area (Å²) >= 11 is 0. The van der Waals surface area contributed by atoms with Crippen LogP contribution < -0.4 is 0 Å². The molecule has 2 amide bonds. The van der Waals surface area contributed by atoms with Crippen LogP contribution >= 0.6 is 0 Å². The second-order valence-corrected chi connectivity index (χ2v) is 6.16. The molecule has 1 heterocycles. The average Bonchev–Trinajstić information content (AvgIpc) is 2.81. The summed E-state index contributed by atoms with van der Waals surface area (Å²) in [7, 11) is 0. The topological polar surface area (TPSA) is 54.5 Å². The fraction of sp³-hybridized carbons (Fsp3) is 0.211. The Hall–Kier alpha value is -2.75. The number of carbonyl (C=O) groups excluding carboxylic acids is 3. The number of imide groups is 1. The van der Waals surface area contributed by atoms with E-state index < -0.39 is 17.2 Å². The number of amides is 2. The number of ketones is 1. The molecular formula is C19H17NO3. The van der Waals surface area contributed by atoms with E-state index in [1.807, 2.05) is 44.2 Å². The highest BCUT2D eigenvalue weighted by atomic mass is 16.2. The monoisotopic (exact) mass is 307 g/mol. The molecule has 0 N–H and O–H groups in total. The number of nitrogens with zero attached hydrogens (tertiary/aromatic N) is 1. The van der Waals surface area contributed by atoms with Gasteiger partial charge in [-0.25, -0.2) is 0 Å². The third-order valence-corrected chi connectivity index (χ3v) is 4.37. The number of Topliss-reactive ketones (excluding diaryl/α,β-unsaturated/α-hetero) is 1. The van der Waals surface area contributed by atoms with E-state index in [0.29, 0.717) is 11.1 Å². The van der Waals surface area contributed by atoms with Crippen molar-refractivity contribution in [3.63, 3.8) is 0 Å². The van der Waals surface area contributed by atoms with Crippen LogP contribution in [-0.4, -0.2) is 29.0 Å². The SMILES string of the molecule is CC(C)(C(=O)CN1C(=O)c2ccccc2C1=O)c1ccccc1. The van der Waals surface area contributed by atoms with Crippen LogP contribution in [0.2, 0.25) is 0 Å². The lowest BCUT2D eigenvalue weighted by molar-refractivity contribution is -0.123. The number of carbonyl (C=O) groups is 3. The van der Waals surface area contributed by atoms with Gasteiger partial charge in [0.25, 0.3) is 11.8 Å². The molecule has 0 saturated carbocycles. The predicted molar refractivity (Wildman–Crippen MR) is 86.3 cm³/mol. The zero-order valence-electron chi connectivity index (χ0n) is 13.1. The second kappa shape index (κ2) is 5.47. The first kappa shape index (κ1) is 15.2. The Balaban J connectivity index is 1.85. The summed E-state index contributed by atoms with van der Waals surface area (Å²) in [5.74, 6) is -0.969. The molecule has 3 rings (SSSR count). The van der Waals surface area contributed by atoms with Gasteiger partial charge in [0.15, 0.2) is 5.78 Å². The lowest BCUT2D eigenvalue weighted by Gasteiger charge is -2.26. The molecule has 0 atom stereocenters. The van der Waals surface area contributed by atoms with E-state index in [4.69, 9.17) is 0 Å². The summed E-state index contributed by atoms with van der Waals surface area (Å²) < 4.78 is 0. The Morgan fingerprint density at radius 3 is 1.87 bits per heavy atom. The van der Waals surface area contributed by atoms with Gasteiger partial charge in [0.1, 0.15) is 0 Å². The lowest BCUT2D eigenvalue weighted by Crippen LogP contribution is -2.42. The molecule has 0 radical (unpaired) electrons. The van der Waals surface area contributed by atoms with Gasteiger partial charge in [-0.2, -0.15) is 0 Å². The highest BCUT2D eigenvalue weighted by Gasteiger charge is 2.39. The maximum absolute atomic E-state index is 12.7. The number of hydrogen-bond acceptors (Lipinski definition) is 3. The zero-order valence-corrected chi connectivity index (χ0v) is 13.1. The molecule has 116 valence electrons. The van der Waals surface area contributed by atoms with Crippen molar-refractivity contribution in [2.24, 2.45) is 0 Å². The van der Waals surface area contributed by atoms with Crippen LogP contribution in [0.15, 0.2) is 54.6 Å². The Morgan fingerprint density at radius 1 is 0.870 bits per heavy atom. The minimum Gasteiger partial charge on any atom is -0.297 e. The average molecular weight is 307 g/mol. The van der Waals surface area contributed by atoms with Crippen molar-refractivity contribution >= 4 is 17.6 Å². The second-order valence-electron chi connectivity index (χ2n) is 6.16. The van der Waals surface area contributed by atoms with Crippen LogP contribution in [0.5, 0.6) is 0 Å². The van der Waals surface area contributed by atoms with Crippen LogP contribution in [0.25, 0.3) is 0 Å². The van der Waals surface area contributed by atoms with E-state index in [1.54, 1.807) is 24.3 Å². The molecule has 0 unspecified atom stereocenters. The van der Waals surface area contributed by atoms with Crippen LogP contribution in [0.3, 0.4) is 0 Å². The smallest absolute Gasteiger partial charge is 0.261 e. The van der Waals surface area contributed by atoms with Crippen LogP contribution in [0.4, 0.5) is 0 Å². The van der Waals surface area contributed by atoms with E-state index in [-0.39, 0.29) is 12.3 Å². The third kappa shape index (κ3) is 2.46. The van der Waals surface area contributed by atoms with Crippen molar-refractivity contribution in [1.82, 2.24) is 4.90 Å². The molecule has 2 aromatic rings. The van der Waals surface area contributed by atoms with Gasteiger partial charge in [-0.1, -0.05) is 42.5 Å². The molecule has 0 bridgehead atoms. The predicted octanol–water partition coefficient (Wildman–Crippen LogP) is 2.83. The minimum atomic E-state index is -0.767. The first-order valence-corrected chi connectivity index (χ1v) is 7.47. The van der Waals surface area contributed by atoms with Gasteiger partial charge >= 0.3 is 0 Å². The summed E-state index contributed by atoms with van der Waals surface area (Å²) in [4.78, 5) is 38.5. The van der Waals surface area contributed by atoms with Crippen molar-refractivity contribution in [2.75, 3.05) is 6.54 Å². The largest absolute Gasteiger partial charge is 0.297 e. The molecule has 0 aliphatic carbocycles. The Bertz CT molecular complexity index is 758. The molecule has 4 heteroatoms. The van der Waals surface area contributed by atoms with Crippen molar-refractivity contribution in [3.8, 4) is 0 Å². The minimum absolute atomic E-state index is 0.168. The Morgan fingerprint density at radius 2 is 1.35 bits per heavy atom. The van der Waals surface area contributed by atoms with Gasteiger partial charge in [-0.05, 0) is 31.5 Å². The molecular weight excluding hydrogens is 290 g/mol. The normalized spacial score (nSPS) is 14.1. The van der Waals surface area contributed by atoms with Crippen LogP contribution in [0, 0.1) is 0 Å². The standard InChI is InChI=1S/C19H17NO3/c1-19(2,13-8-4-3-5-9-13)16(21)12-20-17(22)14-10-6-7-11-15(14)18(20)23/h3-11H,12H2,1-2H3. The highest BCUT2D eigenvalue weighted by molar-refractivity contribution is 6.22. The van der Waals surface area contributed by atoms with Crippen LogP contribution in [-0.2, 0) is 10.2 Å². The van der Waals surface area contributed by atoms with Crippen LogP contribution in [0.1, 0.15) is 40.1 Å². The molecule has 4 nitrogen and oxygen atoms in total. The number of rotatable bonds is 4. The maximum atomic E-state index is 12.7. The van der Waals surface area contributed by atoms with E-state index in [2.05, 4.69) is 0 Å². The van der Waals surface area contributed by atoms with Crippen molar-refractivity contribution in [2.45, 2.75) is 19.3 Å². The maximum Gasteiger partial charge on any atom is 0.261 e. The van der Waals surface area contributed by atoms with E-state index in [9.17, 15) is 14.4 Å². The number of fused-ring (bicyclic) bond motifs is 1. The molecule has 0 aromatic heterocycles. The fourth-order valence-electron chi connectivity index (χ4n) is 2.74. The lowest BCUT2D eigenvalue weighted by atomic mass is 9.80. The van der Waals surface area contributed by atoms with Gasteiger partial charge < -0.3 is 0 Å². The molecule has 1 aliphatic rings. The molecule has 0 spiro atoms. The summed E-state index contributed by atoms with van der Waals surface area (Å²) in [5, 5.41) is 0. The summed E-state index contributed by atoms with van der Waals surface area (Å²) in [6.07, 6.45) is 0. The highest BCUT2D eigenvalue weighted by Crippen LogP contribution is 2.27. The third-order valence-electron chi connectivity index (χ3n) is 4.37. The molecule has 0 saturated heterocycles. The van der Waals surface area contributed by atoms with E-state index >= 15 is 0 Å². The van der Waals surface area contributed by atoms with E-state index in [1.165, 1.54) is 0 Å². The van der Waals surface area contributed by atoms with Gasteiger partial charge in [0.2, 0.25) is 0 Å². The first-order chi connectivity index (χ1) is 10.9. The summed E-state index contributed by atoms with van der Waals surface area (Å²) in [6, 6.07) is 16.0. The van der Waals surface area contributed by atoms with E-state index in [0.717, 1.165) is 10.5 Å². The summed E-state index contributed by atoms with van der Waals surface area (Å²) in [5.41, 5.74) is 0.823. The number of hydrogen-bond donors (Lipinski definition) is 0.